The summed E-state index contributed by atoms with van der Waals surface area (Å²) in [7, 11) is -3.45. The number of sulfonamides is 1. The van der Waals surface area contributed by atoms with Crippen LogP contribution in [0.15, 0.2) is 51.8 Å². The predicted molar refractivity (Wildman–Crippen MR) is 104 cm³/mol. The van der Waals surface area contributed by atoms with Gasteiger partial charge in [-0.05, 0) is 49.2 Å². The van der Waals surface area contributed by atoms with E-state index in [-0.39, 0.29) is 0 Å². The van der Waals surface area contributed by atoms with Crippen molar-refractivity contribution in [3.05, 3.63) is 59.5 Å². The highest BCUT2D eigenvalue weighted by atomic mass is 32.2. The third-order valence-electron chi connectivity index (χ3n) is 5.14. The zero-order valence-electron chi connectivity index (χ0n) is 15.6. The van der Waals surface area contributed by atoms with Gasteiger partial charge >= 0.3 is 0 Å². The molecule has 0 radical (unpaired) electrons. The van der Waals surface area contributed by atoms with Gasteiger partial charge < -0.3 is 4.42 Å². The monoisotopic (exact) mass is 385 g/mol. The number of benzene rings is 2. The number of nitrogens with zero attached hydrogens (tertiary/aromatic N) is 3. The lowest BCUT2D eigenvalue weighted by molar-refractivity contribution is 0.169. The van der Waals surface area contributed by atoms with Gasteiger partial charge in [0.2, 0.25) is 15.9 Å². The number of hydrogen-bond donors (Lipinski definition) is 0. The number of fused-ring (bicyclic) bond motifs is 1. The molecule has 0 saturated carbocycles. The van der Waals surface area contributed by atoms with Gasteiger partial charge in [-0.25, -0.2) is 13.4 Å². The number of para-hydroxylation sites is 2. The normalized spacial score (nSPS) is 16.8. The van der Waals surface area contributed by atoms with Crippen molar-refractivity contribution >= 4 is 21.1 Å². The van der Waals surface area contributed by atoms with Gasteiger partial charge in [0.25, 0.3) is 0 Å². The van der Waals surface area contributed by atoms with E-state index >= 15 is 0 Å². The highest BCUT2D eigenvalue weighted by Crippen LogP contribution is 2.21. The van der Waals surface area contributed by atoms with Crippen molar-refractivity contribution in [2.75, 3.05) is 26.2 Å². The van der Waals surface area contributed by atoms with Crippen LogP contribution in [0.2, 0.25) is 0 Å². The van der Waals surface area contributed by atoms with Crippen molar-refractivity contribution in [2.24, 2.45) is 0 Å². The Hall–Kier alpha value is -2.22. The van der Waals surface area contributed by atoms with Crippen molar-refractivity contribution in [3.63, 3.8) is 0 Å². The van der Waals surface area contributed by atoms with Crippen LogP contribution in [0.1, 0.15) is 17.0 Å². The topological polar surface area (TPSA) is 66.7 Å². The third kappa shape index (κ3) is 3.63. The molecule has 1 aromatic heterocycles. The Morgan fingerprint density at radius 1 is 1.00 bits per heavy atom. The highest BCUT2D eigenvalue weighted by Gasteiger charge is 2.29. The van der Waals surface area contributed by atoms with Gasteiger partial charge in [0.05, 0.1) is 11.4 Å². The van der Waals surface area contributed by atoms with Crippen LogP contribution in [-0.2, 0) is 16.6 Å². The van der Waals surface area contributed by atoms with Crippen molar-refractivity contribution < 1.29 is 12.8 Å². The molecule has 1 saturated heterocycles. The molecule has 0 bridgehead atoms. The molecule has 1 fully saturated rings. The first-order valence-corrected chi connectivity index (χ1v) is 10.5. The first-order chi connectivity index (χ1) is 12.9. The fourth-order valence-electron chi connectivity index (χ4n) is 3.33. The van der Waals surface area contributed by atoms with Crippen molar-refractivity contribution in [2.45, 2.75) is 25.3 Å². The third-order valence-corrected chi connectivity index (χ3v) is 7.04. The Morgan fingerprint density at radius 2 is 1.74 bits per heavy atom. The Kier molecular flexibility index (Phi) is 4.75. The molecule has 0 amide bonds. The lowest BCUT2D eigenvalue weighted by atomic mass is 10.1. The van der Waals surface area contributed by atoms with Gasteiger partial charge in [-0.3, -0.25) is 4.90 Å². The molecular weight excluding hydrogens is 362 g/mol. The minimum Gasteiger partial charge on any atom is -0.439 e. The van der Waals surface area contributed by atoms with E-state index in [9.17, 15) is 8.42 Å². The maximum atomic E-state index is 12.9. The maximum Gasteiger partial charge on any atom is 0.243 e. The lowest BCUT2D eigenvalue weighted by Gasteiger charge is -2.33. The van der Waals surface area contributed by atoms with Gasteiger partial charge in [-0.15, -0.1) is 0 Å². The molecule has 0 N–H and O–H groups in total. The van der Waals surface area contributed by atoms with E-state index in [1.807, 2.05) is 44.2 Å². The molecule has 1 aliphatic heterocycles. The van der Waals surface area contributed by atoms with Crippen LogP contribution in [0.3, 0.4) is 0 Å². The van der Waals surface area contributed by atoms with E-state index in [0.717, 1.165) is 22.2 Å². The van der Waals surface area contributed by atoms with Crippen LogP contribution in [-0.4, -0.2) is 48.8 Å². The molecule has 1 aliphatic rings. The second-order valence-electron chi connectivity index (χ2n) is 7.00. The van der Waals surface area contributed by atoms with E-state index in [4.69, 9.17) is 4.42 Å². The molecule has 2 aromatic carbocycles. The standard InChI is InChI=1S/C20H23N3O3S/c1-15-7-8-17(13-16(15)2)27(24,25)23-11-9-22(10-12-23)14-20-21-18-5-3-4-6-19(18)26-20/h3-8,13H,9-12,14H2,1-2H3. The number of oxazole rings is 1. The molecule has 6 nitrogen and oxygen atoms in total. The summed E-state index contributed by atoms with van der Waals surface area (Å²) < 4.78 is 33.2. The molecular formula is C20H23N3O3S. The molecule has 4 rings (SSSR count). The first kappa shape index (κ1) is 18.2. The minimum absolute atomic E-state index is 0.373. The molecule has 0 atom stereocenters. The number of aryl methyl sites for hydroxylation is 2. The zero-order valence-corrected chi connectivity index (χ0v) is 16.4. The van der Waals surface area contributed by atoms with Crippen LogP contribution in [0, 0.1) is 13.8 Å². The van der Waals surface area contributed by atoms with Crippen molar-refractivity contribution in [3.8, 4) is 0 Å². The SMILES string of the molecule is Cc1ccc(S(=O)(=O)N2CCN(Cc3nc4ccccc4o3)CC2)cc1C. The number of piperazine rings is 1. The van der Waals surface area contributed by atoms with Gasteiger partial charge in [0.1, 0.15) is 5.52 Å². The quantitative estimate of drug-likeness (QED) is 0.691. The Morgan fingerprint density at radius 3 is 2.44 bits per heavy atom. The van der Waals surface area contributed by atoms with E-state index < -0.39 is 10.0 Å². The number of aromatic nitrogens is 1. The highest BCUT2D eigenvalue weighted by molar-refractivity contribution is 7.89. The van der Waals surface area contributed by atoms with Gasteiger partial charge in [-0.2, -0.15) is 4.31 Å². The Balaban J connectivity index is 1.42. The number of hydrogen-bond acceptors (Lipinski definition) is 5. The van der Waals surface area contributed by atoms with Crippen LogP contribution >= 0.6 is 0 Å². The molecule has 0 aliphatic carbocycles. The summed E-state index contributed by atoms with van der Waals surface area (Å²) in [4.78, 5) is 7.05. The summed E-state index contributed by atoms with van der Waals surface area (Å²) in [6, 6.07) is 13.0. The summed E-state index contributed by atoms with van der Waals surface area (Å²) in [5, 5.41) is 0. The average molecular weight is 385 g/mol. The first-order valence-electron chi connectivity index (χ1n) is 9.08. The van der Waals surface area contributed by atoms with E-state index in [2.05, 4.69) is 9.88 Å². The predicted octanol–water partition coefficient (Wildman–Crippen LogP) is 2.95. The van der Waals surface area contributed by atoms with Crippen LogP contribution in [0.5, 0.6) is 0 Å². The zero-order chi connectivity index (χ0) is 19.0. The lowest BCUT2D eigenvalue weighted by Crippen LogP contribution is -2.48. The summed E-state index contributed by atoms with van der Waals surface area (Å²) in [5.41, 5.74) is 3.72. The fraction of sp³-hybridized carbons (Fsp3) is 0.350. The largest absolute Gasteiger partial charge is 0.439 e. The van der Waals surface area contributed by atoms with E-state index in [1.54, 1.807) is 16.4 Å². The summed E-state index contributed by atoms with van der Waals surface area (Å²) in [6.45, 7) is 6.76. The average Bonchev–Trinajstić information content (AvgIpc) is 3.06. The van der Waals surface area contributed by atoms with Crippen molar-refractivity contribution in [1.29, 1.82) is 0 Å². The number of rotatable bonds is 4. The van der Waals surface area contributed by atoms with Crippen LogP contribution < -0.4 is 0 Å². The molecule has 27 heavy (non-hydrogen) atoms. The fourth-order valence-corrected chi connectivity index (χ4v) is 4.84. The second-order valence-corrected chi connectivity index (χ2v) is 8.94. The molecule has 3 aromatic rings. The van der Waals surface area contributed by atoms with Crippen LogP contribution in [0.4, 0.5) is 0 Å². The molecule has 0 spiro atoms. The summed E-state index contributed by atoms with van der Waals surface area (Å²) in [6.07, 6.45) is 0. The molecule has 0 unspecified atom stereocenters. The molecule has 142 valence electrons. The van der Waals surface area contributed by atoms with Gasteiger partial charge in [0.15, 0.2) is 5.58 Å². The van der Waals surface area contributed by atoms with E-state index in [1.165, 1.54) is 0 Å². The maximum absolute atomic E-state index is 12.9. The summed E-state index contributed by atoms with van der Waals surface area (Å²) in [5.74, 6) is 0.668. The Labute approximate surface area is 159 Å². The van der Waals surface area contributed by atoms with Gasteiger partial charge in [-0.1, -0.05) is 18.2 Å². The molecule has 7 heteroatoms. The molecule has 2 heterocycles. The Bertz CT molecular complexity index is 1030. The minimum atomic E-state index is -3.45. The van der Waals surface area contributed by atoms with E-state index in [0.29, 0.717) is 43.5 Å². The van der Waals surface area contributed by atoms with Gasteiger partial charge in [0, 0.05) is 26.2 Å². The second kappa shape index (κ2) is 7.07. The summed E-state index contributed by atoms with van der Waals surface area (Å²) >= 11 is 0. The van der Waals surface area contributed by atoms with Crippen LogP contribution in [0.25, 0.3) is 11.1 Å². The van der Waals surface area contributed by atoms with Crippen molar-refractivity contribution in [1.82, 2.24) is 14.2 Å². The smallest absolute Gasteiger partial charge is 0.243 e.